The van der Waals surface area contributed by atoms with Gasteiger partial charge in [0.05, 0.1) is 11.4 Å². The average molecular weight is 334 g/mol. The van der Waals surface area contributed by atoms with Crippen LogP contribution in [0.2, 0.25) is 0 Å². The summed E-state index contributed by atoms with van der Waals surface area (Å²) in [6.07, 6.45) is 1.84. The van der Waals surface area contributed by atoms with Crippen molar-refractivity contribution in [1.82, 2.24) is 4.31 Å². The summed E-state index contributed by atoms with van der Waals surface area (Å²) in [4.78, 5) is 0. The van der Waals surface area contributed by atoms with Gasteiger partial charge < -0.3 is 5.73 Å². The van der Waals surface area contributed by atoms with E-state index in [1.54, 1.807) is 18.2 Å². The van der Waals surface area contributed by atoms with Gasteiger partial charge in [0.15, 0.2) is 0 Å². The highest BCUT2D eigenvalue weighted by atomic mass is 79.9. The highest BCUT2D eigenvalue weighted by molar-refractivity contribution is 9.10. The number of anilines is 2. The Hall–Kier alpha value is -0.790. The highest BCUT2D eigenvalue weighted by Crippen LogP contribution is 2.29. The van der Waals surface area contributed by atoms with Crippen LogP contribution in [0.15, 0.2) is 22.7 Å². The quantitative estimate of drug-likeness (QED) is 0.858. The molecule has 2 rings (SSSR count). The monoisotopic (exact) mass is 333 g/mol. The molecule has 18 heavy (non-hydrogen) atoms. The molecule has 0 aliphatic carbocycles. The lowest BCUT2D eigenvalue weighted by Crippen LogP contribution is -2.40. The Kier molecular flexibility index (Phi) is 3.84. The molecule has 0 aromatic heterocycles. The number of nitrogen functional groups attached to an aromatic ring is 1. The van der Waals surface area contributed by atoms with Crippen LogP contribution in [0.4, 0.5) is 11.4 Å². The zero-order chi connectivity index (χ0) is 13.3. The summed E-state index contributed by atoms with van der Waals surface area (Å²) in [5.74, 6) is 0. The second kappa shape index (κ2) is 5.07. The Labute approximate surface area is 116 Å². The maximum atomic E-state index is 12.4. The second-order valence-corrected chi connectivity index (χ2v) is 7.16. The molecule has 1 fully saturated rings. The lowest BCUT2D eigenvalue weighted by Gasteiger charge is -2.26. The third-order valence-electron chi connectivity index (χ3n) is 3.07. The topological polar surface area (TPSA) is 66.6 Å². The summed E-state index contributed by atoms with van der Waals surface area (Å²) < 4.78 is 28.3. The molecular formula is C11H16BrN3O2S. The van der Waals surface area contributed by atoms with E-state index in [0.29, 0.717) is 24.5 Å². The van der Waals surface area contributed by atoms with Gasteiger partial charge in [-0.2, -0.15) is 12.7 Å². The minimum absolute atomic E-state index is 0.439. The van der Waals surface area contributed by atoms with Gasteiger partial charge in [0.1, 0.15) is 0 Å². The van der Waals surface area contributed by atoms with Crippen molar-refractivity contribution in [2.75, 3.05) is 30.2 Å². The molecule has 1 aliphatic heterocycles. The third-order valence-corrected chi connectivity index (χ3v) is 5.47. The van der Waals surface area contributed by atoms with Gasteiger partial charge in [-0.05, 0) is 31.0 Å². The van der Waals surface area contributed by atoms with E-state index >= 15 is 0 Å². The summed E-state index contributed by atoms with van der Waals surface area (Å²) in [6, 6.07) is 5.18. The summed E-state index contributed by atoms with van der Waals surface area (Å²) in [5.41, 5.74) is 6.81. The minimum atomic E-state index is -3.46. The van der Waals surface area contributed by atoms with E-state index in [4.69, 9.17) is 5.73 Å². The van der Waals surface area contributed by atoms with Crippen LogP contribution in [0.1, 0.15) is 12.8 Å². The largest absolute Gasteiger partial charge is 0.397 e. The van der Waals surface area contributed by atoms with Gasteiger partial charge in [0, 0.05) is 24.6 Å². The molecule has 1 saturated heterocycles. The average Bonchev–Trinajstić information content (AvgIpc) is 2.82. The number of rotatable bonds is 3. The van der Waals surface area contributed by atoms with Crippen molar-refractivity contribution in [3.05, 3.63) is 22.7 Å². The smallest absolute Gasteiger partial charge is 0.303 e. The standard InChI is InChI=1S/C11H16BrN3O2S/c1-14(11-5-4-9(12)8-10(11)13)18(16,17)15-6-2-3-7-15/h4-5,8H,2-3,6-7,13H2,1H3. The predicted octanol–water partition coefficient (Wildman–Crippen LogP) is 1.81. The lowest BCUT2D eigenvalue weighted by atomic mass is 10.3. The van der Waals surface area contributed by atoms with Crippen molar-refractivity contribution in [1.29, 1.82) is 0 Å². The van der Waals surface area contributed by atoms with E-state index < -0.39 is 10.2 Å². The fourth-order valence-electron chi connectivity index (χ4n) is 2.03. The van der Waals surface area contributed by atoms with Crippen LogP contribution in [-0.2, 0) is 10.2 Å². The summed E-state index contributed by atoms with van der Waals surface area (Å²) >= 11 is 3.30. The number of hydrogen-bond donors (Lipinski definition) is 1. The van der Waals surface area contributed by atoms with Crippen molar-refractivity contribution in [3.8, 4) is 0 Å². The van der Waals surface area contributed by atoms with E-state index in [-0.39, 0.29) is 0 Å². The fourth-order valence-corrected chi connectivity index (χ4v) is 3.89. The van der Waals surface area contributed by atoms with Crippen LogP contribution >= 0.6 is 15.9 Å². The number of halogens is 1. The molecule has 2 N–H and O–H groups in total. The molecule has 0 bridgehead atoms. The molecule has 0 atom stereocenters. The molecular weight excluding hydrogens is 318 g/mol. The molecule has 1 aromatic rings. The first kappa shape index (κ1) is 13.6. The molecule has 1 aliphatic rings. The maximum absolute atomic E-state index is 12.4. The Bertz CT molecular complexity index is 541. The first-order valence-corrected chi connectivity index (χ1v) is 7.91. The molecule has 7 heteroatoms. The molecule has 100 valence electrons. The maximum Gasteiger partial charge on any atom is 0.303 e. The molecule has 0 radical (unpaired) electrons. The van der Waals surface area contributed by atoms with E-state index in [1.807, 2.05) is 0 Å². The fraction of sp³-hybridized carbons (Fsp3) is 0.455. The molecule has 5 nitrogen and oxygen atoms in total. The van der Waals surface area contributed by atoms with Crippen molar-refractivity contribution in [2.24, 2.45) is 0 Å². The van der Waals surface area contributed by atoms with E-state index in [1.165, 1.54) is 15.7 Å². The Morgan fingerprint density at radius 3 is 2.50 bits per heavy atom. The Balaban J connectivity index is 2.32. The van der Waals surface area contributed by atoms with Crippen molar-refractivity contribution in [3.63, 3.8) is 0 Å². The van der Waals surface area contributed by atoms with Crippen LogP contribution in [0.3, 0.4) is 0 Å². The SMILES string of the molecule is CN(c1ccc(Br)cc1N)S(=O)(=O)N1CCCC1. The number of benzene rings is 1. The van der Waals surface area contributed by atoms with Crippen LogP contribution in [0.25, 0.3) is 0 Å². The predicted molar refractivity (Wildman–Crippen MR) is 76.7 cm³/mol. The van der Waals surface area contributed by atoms with Crippen LogP contribution in [0.5, 0.6) is 0 Å². The number of hydrogen-bond acceptors (Lipinski definition) is 3. The molecule has 0 unspecified atom stereocenters. The first-order chi connectivity index (χ1) is 8.43. The molecule has 1 heterocycles. The minimum Gasteiger partial charge on any atom is -0.397 e. The van der Waals surface area contributed by atoms with E-state index in [9.17, 15) is 8.42 Å². The zero-order valence-corrected chi connectivity index (χ0v) is 12.5. The van der Waals surface area contributed by atoms with Crippen molar-refractivity contribution in [2.45, 2.75) is 12.8 Å². The molecule has 0 saturated carbocycles. The molecule has 0 spiro atoms. The van der Waals surface area contributed by atoms with Crippen molar-refractivity contribution >= 4 is 37.5 Å². The molecule has 0 amide bonds. The van der Waals surface area contributed by atoms with E-state index in [0.717, 1.165) is 17.3 Å². The van der Waals surface area contributed by atoms with Gasteiger partial charge in [-0.15, -0.1) is 0 Å². The molecule has 1 aromatic carbocycles. The lowest BCUT2D eigenvalue weighted by molar-refractivity contribution is 0.476. The highest BCUT2D eigenvalue weighted by Gasteiger charge is 2.30. The van der Waals surface area contributed by atoms with Gasteiger partial charge in [-0.3, -0.25) is 4.31 Å². The summed E-state index contributed by atoms with van der Waals surface area (Å²) in [7, 11) is -1.92. The first-order valence-electron chi connectivity index (χ1n) is 5.72. The van der Waals surface area contributed by atoms with Crippen LogP contribution in [-0.4, -0.2) is 32.9 Å². The second-order valence-electron chi connectivity index (χ2n) is 4.28. The third kappa shape index (κ3) is 2.48. The normalized spacial score (nSPS) is 17.0. The van der Waals surface area contributed by atoms with Gasteiger partial charge in [0.25, 0.3) is 0 Å². The number of nitrogens with two attached hydrogens (primary N) is 1. The summed E-state index contributed by atoms with van der Waals surface area (Å²) in [5, 5.41) is 0. The van der Waals surface area contributed by atoms with Gasteiger partial charge in [0.2, 0.25) is 0 Å². The van der Waals surface area contributed by atoms with Gasteiger partial charge >= 0.3 is 10.2 Å². The Morgan fingerprint density at radius 2 is 1.94 bits per heavy atom. The van der Waals surface area contributed by atoms with Crippen molar-refractivity contribution < 1.29 is 8.42 Å². The zero-order valence-electron chi connectivity index (χ0n) is 10.1. The van der Waals surface area contributed by atoms with Gasteiger partial charge in [-0.1, -0.05) is 15.9 Å². The van der Waals surface area contributed by atoms with Crippen LogP contribution in [0, 0.1) is 0 Å². The van der Waals surface area contributed by atoms with E-state index in [2.05, 4.69) is 15.9 Å². The van der Waals surface area contributed by atoms with Gasteiger partial charge in [-0.25, -0.2) is 0 Å². The Morgan fingerprint density at radius 1 is 1.33 bits per heavy atom. The number of nitrogens with zero attached hydrogens (tertiary/aromatic N) is 2. The van der Waals surface area contributed by atoms with Crippen LogP contribution < -0.4 is 10.0 Å². The summed E-state index contributed by atoms with van der Waals surface area (Å²) in [6.45, 7) is 1.17.